The molecule has 2 aliphatic carbocycles. The number of benzene rings is 5. The van der Waals surface area contributed by atoms with Crippen LogP contribution in [0.1, 0.15) is 87.4 Å². The summed E-state index contributed by atoms with van der Waals surface area (Å²) in [5.41, 5.74) is 13.9. The number of hydrogen-bond acceptors (Lipinski definition) is 0. The monoisotopic (exact) mass is 758 g/mol. The number of rotatable bonds is 3. The summed E-state index contributed by atoms with van der Waals surface area (Å²) in [5, 5.41) is 0. The van der Waals surface area contributed by atoms with E-state index in [0.717, 1.165) is 6.42 Å². The van der Waals surface area contributed by atoms with Crippen molar-refractivity contribution in [3.8, 4) is 11.1 Å². The van der Waals surface area contributed by atoms with Gasteiger partial charge in [-0.2, -0.15) is 35.4 Å². The van der Waals surface area contributed by atoms with Gasteiger partial charge < -0.3 is 24.8 Å². The number of hydrogen-bond donors (Lipinski definition) is 0. The van der Waals surface area contributed by atoms with E-state index in [1.165, 1.54) is 83.1 Å². The van der Waals surface area contributed by atoms with Crippen molar-refractivity contribution in [2.75, 3.05) is 0 Å². The molecule has 5 aromatic carbocycles. The molecule has 3 heteroatoms. The molecule has 0 fully saturated rings. The van der Waals surface area contributed by atoms with Gasteiger partial charge in [-0.3, -0.25) is 6.08 Å². The summed E-state index contributed by atoms with van der Waals surface area (Å²) in [7, 11) is 0. The third-order valence-corrected chi connectivity index (χ3v) is 10.0. The van der Waals surface area contributed by atoms with Gasteiger partial charge in [0.25, 0.3) is 0 Å². The first-order chi connectivity index (χ1) is 22.4. The quantitative estimate of drug-likeness (QED) is 0.208. The van der Waals surface area contributed by atoms with Gasteiger partial charge in [-0.15, -0.1) is 16.7 Å². The fourth-order valence-electron chi connectivity index (χ4n) is 5.80. The molecule has 0 aliphatic heterocycles. The Hall–Kier alpha value is -3.09. The Morgan fingerprint density at radius 1 is 0.653 bits per heavy atom. The second-order valence-electron chi connectivity index (χ2n) is 14.5. The maximum absolute atomic E-state index is 3.67. The SMILES string of the molecule is CC(C)(C)c1[c-]c2c(cc1)-c1ccc(C(C)(C)C)cc1C2.CC1[C-]=CC(c2ccccc2)=C1.[Cl-].[Cl-].[Zr+2]=[C](c1ccccc1)c1ccccc1. The van der Waals surface area contributed by atoms with Crippen molar-refractivity contribution in [2.45, 2.75) is 65.7 Å². The number of halogens is 2. The van der Waals surface area contributed by atoms with Crippen LogP contribution < -0.4 is 24.8 Å². The van der Waals surface area contributed by atoms with Crippen molar-refractivity contribution in [3.63, 3.8) is 0 Å². The standard InChI is InChI=1S/C21H25.C13H10.C12H11.2ClH.Zr/c1-20(2,3)16-7-9-18-14(12-16)11-15-13-17(21(4,5)6)8-10-19(15)18;1-3-7-12(8-4-1)11-13-9-5-2-6-10-13;1-10-7-8-12(9-10)11-5-3-2-4-6-11;;;/h7-10,12H,11H2,1-6H3;1-10H;2-6,8-10H,1H3;2*1H;/q-1;;-1;;;+2/p-2. The zero-order valence-electron chi connectivity index (χ0n) is 29.7. The second-order valence-corrected chi connectivity index (χ2v) is 15.7. The van der Waals surface area contributed by atoms with E-state index < -0.39 is 0 Å². The average molecular weight is 761 g/mol. The third kappa shape index (κ3) is 10.7. The van der Waals surface area contributed by atoms with Crippen molar-refractivity contribution in [1.82, 2.24) is 0 Å². The molecule has 7 rings (SSSR count). The van der Waals surface area contributed by atoms with Crippen LogP contribution in [0.15, 0.2) is 133 Å². The summed E-state index contributed by atoms with van der Waals surface area (Å²) >= 11 is 1.46. The third-order valence-electron chi connectivity index (χ3n) is 8.63. The van der Waals surface area contributed by atoms with E-state index in [0.29, 0.717) is 5.92 Å². The van der Waals surface area contributed by atoms with Crippen LogP contribution in [0.4, 0.5) is 0 Å². The van der Waals surface area contributed by atoms with Gasteiger partial charge in [-0.1, -0.05) is 108 Å². The molecule has 0 nitrogen and oxygen atoms in total. The fraction of sp³-hybridized carbons (Fsp3) is 0.239. The molecular weight excluding hydrogens is 715 g/mol. The van der Waals surface area contributed by atoms with Crippen LogP contribution in [0.2, 0.25) is 0 Å². The molecule has 1 unspecified atom stereocenters. The Morgan fingerprint density at radius 3 is 1.67 bits per heavy atom. The molecule has 250 valence electrons. The Bertz CT molecular complexity index is 1770. The van der Waals surface area contributed by atoms with Gasteiger partial charge in [-0.25, -0.2) is 6.08 Å². The first-order valence-corrected chi connectivity index (χ1v) is 17.9. The predicted molar refractivity (Wildman–Crippen MR) is 198 cm³/mol. The zero-order chi connectivity index (χ0) is 33.6. The Balaban J connectivity index is 0.000000204. The molecule has 0 N–H and O–H groups in total. The molecule has 0 spiro atoms. The number of allylic oxidation sites excluding steroid dienone is 4. The molecule has 49 heavy (non-hydrogen) atoms. The van der Waals surface area contributed by atoms with Crippen LogP contribution in [0.25, 0.3) is 16.7 Å². The van der Waals surface area contributed by atoms with E-state index in [4.69, 9.17) is 0 Å². The van der Waals surface area contributed by atoms with Gasteiger partial charge in [0.1, 0.15) is 0 Å². The van der Waals surface area contributed by atoms with Crippen molar-refractivity contribution < 1.29 is 49.0 Å². The maximum atomic E-state index is 3.67. The van der Waals surface area contributed by atoms with Crippen LogP contribution in [-0.2, 0) is 41.5 Å². The van der Waals surface area contributed by atoms with Gasteiger partial charge in [0.15, 0.2) is 0 Å². The fourth-order valence-corrected chi connectivity index (χ4v) is 6.62. The summed E-state index contributed by atoms with van der Waals surface area (Å²) in [5.74, 6) is 0.472. The summed E-state index contributed by atoms with van der Waals surface area (Å²) in [6.07, 6.45) is 8.58. The van der Waals surface area contributed by atoms with Gasteiger partial charge >= 0.3 is 99.2 Å². The molecule has 0 saturated carbocycles. The average Bonchev–Trinajstić information content (AvgIpc) is 3.68. The van der Waals surface area contributed by atoms with Crippen molar-refractivity contribution >= 4 is 8.78 Å². The summed E-state index contributed by atoms with van der Waals surface area (Å²) in [4.78, 5) is 0. The van der Waals surface area contributed by atoms with Crippen LogP contribution in [0, 0.1) is 18.1 Å². The van der Waals surface area contributed by atoms with Crippen LogP contribution >= 0.6 is 0 Å². The summed E-state index contributed by atoms with van der Waals surface area (Å²) in [6, 6.07) is 46.7. The van der Waals surface area contributed by atoms with E-state index in [-0.39, 0.29) is 35.6 Å². The van der Waals surface area contributed by atoms with E-state index in [1.807, 2.05) is 6.07 Å². The minimum absolute atomic E-state index is 0. The van der Waals surface area contributed by atoms with Crippen molar-refractivity contribution in [3.05, 3.63) is 185 Å². The van der Waals surface area contributed by atoms with Gasteiger partial charge in [0.05, 0.1) is 0 Å². The molecule has 5 aromatic rings. The van der Waals surface area contributed by atoms with Crippen LogP contribution in [0.3, 0.4) is 0 Å². The van der Waals surface area contributed by atoms with E-state index in [2.05, 4.69) is 188 Å². The predicted octanol–water partition coefficient (Wildman–Crippen LogP) is 5.54. The molecule has 2 aliphatic rings. The van der Waals surface area contributed by atoms with Gasteiger partial charge in [0.2, 0.25) is 0 Å². The van der Waals surface area contributed by atoms with Gasteiger partial charge in [-0.05, 0) is 28.4 Å². The zero-order valence-corrected chi connectivity index (χ0v) is 33.7. The topological polar surface area (TPSA) is 0 Å². The van der Waals surface area contributed by atoms with E-state index in [1.54, 1.807) is 0 Å². The molecule has 0 bridgehead atoms. The Kier molecular flexibility index (Phi) is 14.6. The Morgan fingerprint density at radius 2 is 1.18 bits per heavy atom. The molecule has 0 aromatic heterocycles. The molecule has 0 saturated heterocycles. The van der Waals surface area contributed by atoms with E-state index >= 15 is 0 Å². The van der Waals surface area contributed by atoms with E-state index in [9.17, 15) is 0 Å². The molecule has 0 heterocycles. The Labute approximate surface area is 322 Å². The number of fused-ring (bicyclic) bond motifs is 3. The second kappa shape index (κ2) is 17.7. The molecule has 1 atom stereocenters. The van der Waals surface area contributed by atoms with Crippen molar-refractivity contribution in [1.29, 1.82) is 0 Å². The summed E-state index contributed by atoms with van der Waals surface area (Å²) < 4.78 is 1.42. The van der Waals surface area contributed by atoms with Crippen LogP contribution in [0.5, 0.6) is 0 Å². The molecular formula is C46H46Cl2Zr-2. The van der Waals surface area contributed by atoms with Gasteiger partial charge in [0, 0.05) is 0 Å². The normalized spacial score (nSPS) is 14.0. The first kappa shape index (κ1) is 40.3. The molecule has 0 radical (unpaired) electrons. The minimum atomic E-state index is 0. The van der Waals surface area contributed by atoms with Crippen molar-refractivity contribution in [2.24, 2.45) is 5.92 Å². The summed E-state index contributed by atoms with van der Waals surface area (Å²) in [6.45, 7) is 15.7. The molecule has 0 amide bonds. The van der Waals surface area contributed by atoms with Crippen LogP contribution in [-0.4, -0.2) is 3.21 Å². The first-order valence-electron chi connectivity index (χ1n) is 16.7.